The van der Waals surface area contributed by atoms with Crippen molar-refractivity contribution < 1.29 is 23.1 Å². The van der Waals surface area contributed by atoms with Crippen molar-refractivity contribution >= 4 is 32.9 Å². The van der Waals surface area contributed by atoms with Crippen molar-refractivity contribution in [3.8, 4) is 5.69 Å². The first-order valence-corrected chi connectivity index (χ1v) is 11.8. The highest BCUT2D eigenvalue weighted by Gasteiger charge is 2.39. The second-order valence-corrected chi connectivity index (χ2v) is 9.74. The van der Waals surface area contributed by atoms with Crippen LogP contribution in [0.15, 0.2) is 55.4 Å². The molecule has 0 saturated carbocycles. The fourth-order valence-corrected chi connectivity index (χ4v) is 5.49. The highest BCUT2D eigenvalue weighted by molar-refractivity contribution is 9.10. The Labute approximate surface area is 213 Å². The van der Waals surface area contributed by atoms with Gasteiger partial charge in [0, 0.05) is 24.8 Å². The highest BCUT2D eigenvalue weighted by atomic mass is 79.9. The average molecular weight is 579 g/mol. The molecule has 1 aliphatic carbocycles. The van der Waals surface area contributed by atoms with Gasteiger partial charge in [0.15, 0.2) is 0 Å². The normalized spacial score (nSPS) is 15.4. The second kappa shape index (κ2) is 8.33. The smallest absolute Gasteiger partial charge is 0.416 e. The molecule has 1 N–H and O–H groups in total. The van der Waals surface area contributed by atoms with E-state index in [9.17, 15) is 37.5 Å². The summed E-state index contributed by atoms with van der Waals surface area (Å²) in [7, 11) is 3.11. The van der Waals surface area contributed by atoms with Crippen molar-refractivity contribution in [3.05, 3.63) is 94.6 Å². The Morgan fingerprint density at radius 3 is 2.35 bits per heavy atom. The van der Waals surface area contributed by atoms with Crippen LogP contribution in [0, 0.1) is 0 Å². The molecule has 5 rings (SSSR count). The Morgan fingerprint density at radius 1 is 1.03 bits per heavy atom. The van der Waals surface area contributed by atoms with Gasteiger partial charge in [-0.3, -0.25) is 23.1 Å². The van der Waals surface area contributed by atoms with E-state index in [1.165, 1.54) is 34.4 Å². The molecule has 0 spiro atoms. The molecule has 0 bridgehead atoms. The number of carboxylic acid groups (broad SMARTS) is 1. The molecule has 0 saturated heterocycles. The zero-order chi connectivity index (χ0) is 27.0. The van der Waals surface area contributed by atoms with Gasteiger partial charge in [-0.2, -0.15) is 13.2 Å². The molecule has 2 aromatic heterocycles. The van der Waals surface area contributed by atoms with Crippen LogP contribution in [0.4, 0.5) is 13.2 Å². The number of rotatable bonds is 3. The molecule has 9 nitrogen and oxygen atoms in total. The van der Waals surface area contributed by atoms with Crippen LogP contribution >= 0.6 is 15.9 Å². The van der Waals surface area contributed by atoms with E-state index < -0.39 is 40.6 Å². The van der Waals surface area contributed by atoms with Crippen LogP contribution in [0.3, 0.4) is 0 Å². The Bertz CT molecular complexity index is 1810. The Balaban J connectivity index is 1.79. The minimum atomic E-state index is -4.65. The summed E-state index contributed by atoms with van der Waals surface area (Å²) in [6.45, 7) is 0. The van der Waals surface area contributed by atoms with E-state index >= 15 is 0 Å². The minimum absolute atomic E-state index is 0.000687. The van der Waals surface area contributed by atoms with E-state index in [2.05, 4.69) is 15.9 Å². The number of hydrogen-bond donors (Lipinski definition) is 1. The number of alkyl halides is 3. The highest BCUT2D eigenvalue weighted by Crippen LogP contribution is 2.43. The number of fused-ring (bicyclic) bond motifs is 2. The predicted octanol–water partition coefficient (Wildman–Crippen LogP) is 3.20. The molecule has 0 amide bonds. The van der Waals surface area contributed by atoms with Gasteiger partial charge in [0.1, 0.15) is 5.56 Å². The van der Waals surface area contributed by atoms with Gasteiger partial charge in [-0.25, -0.2) is 14.4 Å². The van der Waals surface area contributed by atoms with E-state index in [1.54, 1.807) is 13.1 Å². The van der Waals surface area contributed by atoms with Crippen LogP contribution in [-0.4, -0.2) is 29.3 Å². The molecular weight excluding hydrogens is 561 g/mol. The molecular formula is C24H18BrF3N4O5. The molecule has 192 valence electrons. The van der Waals surface area contributed by atoms with Gasteiger partial charge < -0.3 is 5.11 Å². The number of benzene rings is 2. The second-order valence-electron chi connectivity index (χ2n) is 8.82. The topological polar surface area (TPSA) is 108 Å². The van der Waals surface area contributed by atoms with E-state index in [0.29, 0.717) is 15.6 Å². The number of carbonyl (C=O) groups is 1. The Hall–Kier alpha value is -3.87. The summed E-state index contributed by atoms with van der Waals surface area (Å²) in [4.78, 5) is 51.1. The van der Waals surface area contributed by atoms with Gasteiger partial charge in [0.05, 0.1) is 28.3 Å². The van der Waals surface area contributed by atoms with Crippen molar-refractivity contribution in [2.75, 3.05) is 0 Å². The Kier molecular flexibility index (Phi) is 5.59. The van der Waals surface area contributed by atoms with E-state index in [0.717, 1.165) is 16.8 Å². The third kappa shape index (κ3) is 3.76. The molecule has 2 heterocycles. The van der Waals surface area contributed by atoms with Crippen molar-refractivity contribution in [2.24, 2.45) is 14.1 Å². The number of aromatic nitrogens is 4. The van der Waals surface area contributed by atoms with Crippen LogP contribution in [-0.2, 0) is 26.7 Å². The van der Waals surface area contributed by atoms with Crippen LogP contribution in [0.2, 0.25) is 0 Å². The van der Waals surface area contributed by atoms with E-state index in [-0.39, 0.29) is 39.8 Å². The largest absolute Gasteiger partial charge is 0.477 e. The summed E-state index contributed by atoms with van der Waals surface area (Å²) >= 11 is 3.08. The third-order valence-electron chi connectivity index (χ3n) is 6.78. The summed E-state index contributed by atoms with van der Waals surface area (Å²) in [5.74, 6) is -1.59. The standard InChI is InChI=1S/C24H18BrF3N4O5/c1-29-18-5-3-12(9-19(18)30(2)22(29)36)31-10-15(21(34)35)20(33)32(23(31)37)17-6-4-13-14(17)7-11(25)8-16(13)24(26,27)28/h3,5,7-10,17H,4,6H2,1-2H3,(H,34,35). The maximum atomic E-state index is 13.7. The lowest BCUT2D eigenvalue weighted by Crippen LogP contribution is -2.43. The maximum Gasteiger partial charge on any atom is 0.416 e. The predicted molar refractivity (Wildman–Crippen MR) is 131 cm³/mol. The fraction of sp³-hybridized carbons (Fsp3) is 0.250. The van der Waals surface area contributed by atoms with Gasteiger partial charge in [0.25, 0.3) is 5.56 Å². The zero-order valence-corrected chi connectivity index (χ0v) is 20.9. The van der Waals surface area contributed by atoms with Crippen LogP contribution in [0.25, 0.3) is 16.7 Å². The van der Waals surface area contributed by atoms with Crippen molar-refractivity contribution in [2.45, 2.75) is 25.1 Å². The first kappa shape index (κ1) is 24.8. The summed E-state index contributed by atoms with van der Waals surface area (Å²) in [6.07, 6.45) is -3.82. The minimum Gasteiger partial charge on any atom is -0.477 e. The van der Waals surface area contributed by atoms with Crippen LogP contribution in [0.5, 0.6) is 0 Å². The fourth-order valence-electron chi connectivity index (χ4n) is 5.02. The van der Waals surface area contributed by atoms with Gasteiger partial charge in [-0.1, -0.05) is 15.9 Å². The first-order valence-electron chi connectivity index (χ1n) is 11.0. The molecule has 0 radical (unpaired) electrons. The van der Waals surface area contributed by atoms with Crippen molar-refractivity contribution in [3.63, 3.8) is 0 Å². The molecule has 1 unspecified atom stereocenters. The number of carboxylic acids is 1. The van der Waals surface area contributed by atoms with E-state index in [1.807, 2.05) is 0 Å². The number of hydrogen-bond acceptors (Lipinski definition) is 4. The van der Waals surface area contributed by atoms with Gasteiger partial charge in [-0.05, 0) is 54.3 Å². The molecule has 2 aromatic carbocycles. The lowest BCUT2D eigenvalue weighted by atomic mass is 10.0. The monoisotopic (exact) mass is 578 g/mol. The number of halogens is 4. The van der Waals surface area contributed by atoms with E-state index in [4.69, 9.17) is 0 Å². The summed E-state index contributed by atoms with van der Waals surface area (Å²) < 4.78 is 45.6. The molecule has 0 aliphatic heterocycles. The lowest BCUT2D eigenvalue weighted by molar-refractivity contribution is -0.138. The molecule has 0 fully saturated rings. The molecule has 13 heteroatoms. The van der Waals surface area contributed by atoms with Gasteiger partial charge in [0.2, 0.25) is 0 Å². The van der Waals surface area contributed by atoms with Crippen LogP contribution < -0.4 is 16.9 Å². The molecule has 37 heavy (non-hydrogen) atoms. The molecule has 4 aromatic rings. The number of aromatic carboxylic acids is 1. The lowest BCUT2D eigenvalue weighted by Gasteiger charge is -2.19. The summed E-state index contributed by atoms with van der Waals surface area (Å²) in [5.41, 5.74) is -2.67. The maximum absolute atomic E-state index is 13.7. The Morgan fingerprint density at radius 2 is 1.70 bits per heavy atom. The molecule has 1 atom stereocenters. The van der Waals surface area contributed by atoms with Gasteiger partial charge in [-0.15, -0.1) is 0 Å². The molecule has 1 aliphatic rings. The summed E-state index contributed by atoms with van der Waals surface area (Å²) in [6, 6.07) is 5.81. The quantitative estimate of drug-likeness (QED) is 0.401. The summed E-state index contributed by atoms with van der Waals surface area (Å²) in [5, 5.41) is 9.71. The van der Waals surface area contributed by atoms with Crippen molar-refractivity contribution in [1.29, 1.82) is 0 Å². The van der Waals surface area contributed by atoms with Gasteiger partial charge >= 0.3 is 23.5 Å². The number of nitrogens with zero attached hydrogens (tertiary/aromatic N) is 4. The van der Waals surface area contributed by atoms with Crippen molar-refractivity contribution in [1.82, 2.24) is 18.3 Å². The third-order valence-corrected chi connectivity index (χ3v) is 7.23. The zero-order valence-electron chi connectivity index (χ0n) is 19.3. The van der Waals surface area contributed by atoms with Crippen LogP contribution in [0.1, 0.15) is 39.5 Å². The number of imidazole rings is 1. The number of aryl methyl sites for hydroxylation is 2. The first-order chi connectivity index (χ1) is 17.3. The SMILES string of the molecule is Cn1c(=O)n(C)c2cc(-n3cc(C(=O)O)c(=O)n(C4CCc5c4cc(Br)cc5C(F)(F)F)c3=O)ccc21. The average Bonchev–Trinajstić information content (AvgIpc) is 3.32.